The van der Waals surface area contributed by atoms with Crippen LogP contribution in [0.15, 0.2) is 18.2 Å². The van der Waals surface area contributed by atoms with Crippen LogP contribution in [0.5, 0.6) is 5.75 Å². The number of aromatic hydroxyl groups is 1. The molecule has 1 aliphatic heterocycles. The molecule has 2 rings (SSSR count). The fourth-order valence-electron chi connectivity index (χ4n) is 1.89. The van der Waals surface area contributed by atoms with Crippen LogP contribution in [0.1, 0.15) is 36.5 Å². The second kappa shape index (κ2) is 4.53. The zero-order valence-electron chi connectivity index (χ0n) is 9.99. The summed E-state index contributed by atoms with van der Waals surface area (Å²) in [5, 5.41) is 10.4. The highest BCUT2D eigenvalue weighted by Crippen LogP contribution is 2.49. The molecule has 0 unspecified atom stereocenters. The maximum atomic E-state index is 10.4. The summed E-state index contributed by atoms with van der Waals surface area (Å²) >= 11 is 3.86. The molecule has 0 aliphatic carbocycles. The van der Waals surface area contributed by atoms with Gasteiger partial charge in [0, 0.05) is 17.1 Å². The largest absolute Gasteiger partial charge is 0.507 e. The van der Waals surface area contributed by atoms with E-state index in [1.165, 1.54) is 11.5 Å². The first kappa shape index (κ1) is 12.2. The van der Waals surface area contributed by atoms with Gasteiger partial charge in [0.15, 0.2) is 0 Å². The van der Waals surface area contributed by atoms with E-state index in [1.807, 2.05) is 29.6 Å². The Kier molecular flexibility index (Phi) is 3.45. The van der Waals surface area contributed by atoms with Crippen molar-refractivity contribution >= 4 is 23.5 Å². The number of phenols is 1. The molecule has 0 amide bonds. The Morgan fingerprint density at radius 1 is 1.19 bits per heavy atom. The average Bonchev–Trinajstić information content (AvgIpc) is 2.69. The van der Waals surface area contributed by atoms with Crippen LogP contribution in [0.25, 0.3) is 0 Å². The first-order chi connectivity index (χ1) is 7.50. The van der Waals surface area contributed by atoms with Crippen molar-refractivity contribution in [3.8, 4) is 5.75 Å². The van der Waals surface area contributed by atoms with Crippen molar-refractivity contribution in [2.75, 3.05) is 11.5 Å². The number of hydrogen-bond donors (Lipinski definition) is 1. The van der Waals surface area contributed by atoms with Gasteiger partial charge >= 0.3 is 0 Å². The minimum Gasteiger partial charge on any atom is -0.507 e. The molecule has 1 heterocycles. The molecule has 88 valence electrons. The summed E-state index contributed by atoms with van der Waals surface area (Å²) < 4.78 is 0.419. The number of hydrogen-bond acceptors (Lipinski definition) is 3. The summed E-state index contributed by atoms with van der Waals surface area (Å²) in [6, 6.07) is 6.15. The van der Waals surface area contributed by atoms with Crippen LogP contribution in [0, 0.1) is 0 Å². The van der Waals surface area contributed by atoms with E-state index >= 15 is 0 Å². The molecule has 0 radical (unpaired) electrons. The molecular formula is C13H18OS2. The van der Waals surface area contributed by atoms with Gasteiger partial charge in [-0.05, 0) is 11.0 Å². The standard InChI is InChI=1S/C13H18OS2/c1-13(2,3)10-6-4-5-9(11(10)14)12-15-7-8-16-12/h4-6,12,14H,7-8H2,1-3H3. The molecule has 0 atom stereocenters. The number of thioether (sulfide) groups is 2. The maximum absolute atomic E-state index is 10.4. The van der Waals surface area contributed by atoms with Crippen molar-refractivity contribution in [2.24, 2.45) is 0 Å². The van der Waals surface area contributed by atoms with Crippen molar-refractivity contribution in [3.05, 3.63) is 29.3 Å². The van der Waals surface area contributed by atoms with Crippen LogP contribution in [0.3, 0.4) is 0 Å². The van der Waals surface area contributed by atoms with Crippen LogP contribution in [0.2, 0.25) is 0 Å². The van der Waals surface area contributed by atoms with Crippen LogP contribution < -0.4 is 0 Å². The number of phenolic OH excluding ortho intramolecular Hbond substituents is 1. The lowest BCUT2D eigenvalue weighted by molar-refractivity contribution is 0.442. The van der Waals surface area contributed by atoms with Crippen LogP contribution >= 0.6 is 23.5 Å². The van der Waals surface area contributed by atoms with Gasteiger partial charge in [0.25, 0.3) is 0 Å². The van der Waals surface area contributed by atoms with Crippen molar-refractivity contribution in [2.45, 2.75) is 30.8 Å². The van der Waals surface area contributed by atoms with E-state index in [1.54, 1.807) is 0 Å². The van der Waals surface area contributed by atoms with Crippen LogP contribution in [-0.2, 0) is 5.41 Å². The topological polar surface area (TPSA) is 20.2 Å². The quantitative estimate of drug-likeness (QED) is 0.812. The van der Waals surface area contributed by atoms with Crippen molar-refractivity contribution in [3.63, 3.8) is 0 Å². The van der Waals surface area contributed by atoms with Gasteiger partial charge in [-0.2, -0.15) is 0 Å². The first-order valence-corrected chi connectivity index (χ1v) is 7.65. The van der Waals surface area contributed by atoms with Gasteiger partial charge in [-0.3, -0.25) is 0 Å². The predicted octanol–water partition coefficient (Wildman–Crippen LogP) is 4.17. The highest BCUT2D eigenvalue weighted by molar-refractivity contribution is 8.19. The Bertz CT molecular complexity index is 376. The van der Waals surface area contributed by atoms with Crippen molar-refractivity contribution in [1.82, 2.24) is 0 Å². The molecule has 0 spiro atoms. The molecule has 1 aromatic carbocycles. The average molecular weight is 254 g/mol. The van der Waals surface area contributed by atoms with E-state index in [-0.39, 0.29) is 5.41 Å². The number of rotatable bonds is 1. The summed E-state index contributed by atoms with van der Waals surface area (Å²) in [6.07, 6.45) is 0. The molecule has 1 aliphatic rings. The Morgan fingerprint density at radius 2 is 1.81 bits per heavy atom. The molecule has 16 heavy (non-hydrogen) atoms. The monoisotopic (exact) mass is 254 g/mol. The lowest BCUT2D eigenvalue weighted by Crippen LogP contribution is -2.12. The second-order valence-corrected chi connectivity index (χ2v) is 7.79. The molecule has 1 aromatic rings. The smallest absolute Gasteiger partial charge is 0.124 e. The fraction of sp³-hybridized carbons (Fsp3) is 0.538. The molecular weight excluding hydrogens is 236 g/mol. The second-order valence-electron chi connectivity index (χ2n) is 5.07. The Labute approximate surface area is 106 Å². The fourth-order valence-corrected chi connectivity index (χ4v) is 4.79. The molecule has 1 N–H and O–H groups in total. The van der Waals surface area contributed by atoms with Gasteiger partial charge in [0.05, 0.1) is 4.58 Å². The van der Waals surface area contributed by atoms with E-state index in [9.17, 15) is 5.11 Å². The summed E-state index contributed by atoms with van der Waals surface area (Å²) in [5.74, 6) is 2.88. The maximum Gasteiger partial charge on any atom is 0.124 e. The zero-order valence-corrected chi connectivity index (χ0v) is 11.6. The van der Waals surface area contributed by atoms with Gasteiger partial charge < -0.3 is 5.11 Å². The summed E-state index contributed by atoms with van der Waals surface area (Å²) in [5.41, 5.74) is 2.16. The van der Waals surface area contributed by atoms with Gasteiger partial charge in [-0.1, -0.05) is 39.0 Å². The predicted molar refractivity (Wildman–Crippen MR) is 74.5 cm³/mol. The molecule has 1 saturated heterocycles. The molecule has 0 bridgehead atoms. The third-order valence-electron chi connectivity index (χ3n) is 2.75. The third kappa shape index (κ3) is 2.35. The van der Waals surface area contributed by atoms with E-state index in [0.29, 0.717) is 10.3 Å². The van der Waals surface area contributed by atoms with Crippen molar-refractivity contribution < 1.29 is 5.11 Å². The van der Waals surface area contributed by atoms with Gasteiger partial charge in [-0.25, -0.2) is 0 Å². The van der Waals surface area contributed by atoms with Crippen LogP contribution in [0.4, 0.5) is 0 Å². The normalized spacial score (nSPS) is 17.9. The summed E-state index contributed by atoms with van der Waals surface area (Å²) in [4.78, 5) is 0. The van der Waals surface area contributed by atoms with E-state index < -0.39 is 0 Å². The van der Waals surface area contributed by atoms with Crippen molar-refractivity contribution in [1.29, 1.82) is 0 Å². The van der Waals surface area contributed by atoms with Gasteiger partial charge in [0.2, 0.25) is 0 Å². The van der Waals surface area contributed by atoms with Crippen LogP contribution in [-0.4, -0.2) is 16.6 Å². The Balaban J connectivity index is 2.40. The molecule has 3 heteroatoms. The molecule has 1 nitrogen and oxygen atoms in total. The molecule has 0 aromatic heterocycles. The lowest BCUT2D eigenvalue weighted by Gasteiger charge is -2.23. The Hall–Kier alpha value is -0.280. The Morgan fingerprint density at radius 3 is 2.38 bits per heavy atom. The summed E-state index contributed by atoms with van der Waals surface area (Å²) in [7, 11) is 0. The first-order valence-electron chi connectivity index (χ1n) is 5.56. The number of benzene rings is 1. The van der Waals surface area contributed by atoms with E-state index in [2.05, 4.69) is 32.9 Å². The minimum absolute atomic E-state index is 0.00797. The SMILES string of the molecule is CC(C)(C)c1cccc(C2SCCS2)c1O. The van der Waals surface area contributed by atoms with Gasteiger partial charge in [-0.15, -0.1) is 23.5 Å². The zero-order chi connectivity index (χ0) is 11.8. The van der Waals surface area contributed by atoms with E-state index in [4.69, 9.17) is 0 Å². The molecule has 1 fully saturated rings. The van der Waals surface area contributed by atoms with E-state index in [0.717, 1.165) is 11.1 Å². The minimum atomic E-state index is 0.00797. The van der Waals surface area contributed by atoms with Gasteiger partial charge in [0.1, 0.15) is 5.75 Å². The molecule has 0 saturated carbocycles. The summed E-state index contributed by atoms with van der Waals surface area (Å²) in [6.45, 7) is 6.42. The lowest BCUT2D eigenvalue weighted by atomic mass is 9.85. The highest BCUT2D eigenvalue weighted by atomic mass is 32.2. The number of para-hydroxylation sites is 1. The highest BCUT2D eigenvalue weighted by Gasteiger charge is 2.25. The third-order valence-corrected chi connectivity index (χ3v) is 5.82.